The summed E-state index contributed by atoms with van der Waals surface area (Å²) in [6.45, 7) is 4.86. The fourth-order valence-electron chi connectivity index (χ4n) is 2.25. The summed E-state index contributed by atoms with van der Waals surface area (Å²) in [6, 6.07) is 13.1. The first-order valence-corrected chi connectivity index (χ1v) is 8.97. The van der Waals surface area contributed by atoms with Crippen LogP contribution in [0.3, 0.4) is 0 Å². The Morgan fingerprint density at radius 2 is 1.64 bits per heavy atom. The van der Waals surface area contributed by atoms with Crippen molar-refractivity contribution < 1.29 is 21.6 Å². The average molecular weight is 369 g/mol. The Hall–Kier alpha value is -2.12. The normalized spacial score (nSPS) is 13.4. The fraction of sp³-hybridized carbons (Fsp3) is 0.222. The van der Waals surface area contributed by atoms with Crippen LogP contribution in [0.1, 0.15) is 23.6 Å². The van der Waals surface area contributed by atoms with E-state index in [0.717, 1.165) is 5.56 Å². The number of nitrogens with one attached hydrogen (secondary N) is 1. The Bertz CT molecular complexity index is 829. The molecule has 0 bridgehead atoms. The minimum Gasteiger partial charge on any atom is -0.207 e. The largest absolute Gasteiger partial charge is 0.412 e. The molecule has 1 atom stereocenters. The van der Waals surface area contributed by atoms with Crippen molar-refractivity contribution in [3.05, 3.63) is 77.9 Å². The molecule has 0 heterocycles. The van der Waals surface area contributed by atoms with Crippen LogP contribution in [-0.2, 0) is 10.0 Å². The highest BCUT2D eigenvalue weighted by atomic mass is 32.2. The molecule has 0 aromatic heterocycles. The molecule has 2 aromatic carbocycles. The van der Waals surface area contributed by atoms with Gasteiger partial charge in [-0.2, -0.15) is 13.2 Å². The number of benzene rings is 2. The molecular formula is C18H18F3NO2S. The highest BCUT2D eigenvalue weighted by molar-refractivity contribution is 7.89. The summed E-state index contributed by atoms with van der Waals surface area (Å²) in [7, 11) is -3.97. The molecule has 0 fully saturated rings. The predicted molar refractivity (Wildman–Crippen MR) is 90.5 cm³/mol. The lowest BCUT2D eigenvalue weighted by Gasteiger charge is -2.21. The predicted octanol–water partition coefficient (Wildman–Crippen LogP) is 4.52. The van der Waals surface area contributed by atoms with E-state index in [1.807, 2.05) is 6.92 Å². The fourth-order valence-corrected chi connectivity index (χ4v) is 3.47. The van der Waals surface area contributed by atoms with Gasteiger partial charge in [0.05, 0.1) is 10.9 Å². The van der Waals surface area contributed by atoms with Crippen LogP contribution in [0.5, 0.6) is 0 Å². The first-order chi connectivity index (χ1) is 11.6. The lowest BCUT2D eigenvalue weighted by molar-refractivity contribution is -0.0942. The number of halogens is 3. The van der Waals surface area contributed by atoms with Crippen molar-refractivity contribution >= 4 is 10.0 Å². The quantitative estimate of drug-likeness (QED) is 0.761. The molecule has 1 N–H and O–H groups in total. The van der Waals surface area contributed by atoms with Gasteiger partial charge in [-0.15, -0.1) is 0 Å². The van der Waals surface area contributed by atoms with Crippen molar-refractivity contribution in [3.8, 4) is 0 Å². The van der Waals surface area contributed by atoms with Crippen molar-refractivity contribution in [2.45, 2.75) is 30.5 Å². The van der Waals surface area contributed by atoms with Crippen molar-refractivity contribution in [2.75, 3.05) is 0 Å². The molecule has 0 aliphatic rings. The van der Waals surface area contributed by atoms with Crippen molar-refractivity contribution in [2.24, 2.45) is 0 Å². The van der Waals surface area contributed by atoms with Crippen LogP contribution < -0.4 is 4.72 Å². The topological polar surface area (TPSA) is 46.2 Å². The molecular weight excluding hydrogens is 351 g/mol. The molecule has 3 nitrogen and oxygen atoms in total. The smallest absolute Gasteiger partial charge is 0.207 e. The maximum Gasteiger partial charge on any atom is 0.412 e. The molecule has 7 heteroatoms. The number of hydrogen-bond donors (Lipinski definition) is 1. The molecule has 0 radical (unpaired) electrons. The molecule has 2 rings (SSSR count). The highest BCUT2D eigenvalue weighted by Gasteiger charge is 2.34. The van der Waals surface area contributed by atoms with Crippen molar-refractivity contribution in [1.82, 2.24) is 4.72 Å². The van der Waals surface area contributed by atoms with Crippen LogP contribution >= 0.6 is 0 Å². The maximum atomic E-state index is 12.8. The second-order valence-corrected chi connectivity index (χ2v) is 7.42. The van der Waals surface area contributed by atoms with Crippen LogP contribution in [0.25, 0.3) is 0 Å². The Morgan fingerprint density at radius 3 is 2.16 bits per heavy atom. The third-order valence-corrected chi connectivity index (χ3v) is 5.17. The molecule has 25 heavy (non-hydrogen) atoms. The molecule has 1 unspecified atom stereocenters. The van der Waals surface area contributed by atoms with Gasteiger partial charge in [0.2, 0.25) is 10.0 Å². The summed E-state index contributed by atoms with van der Waals surface area (Å²) in [5.41, 5.74) is 0.320. The Kier molecular flexibility index (Phi) is 5.69. The Labute approximate surface area is 145 Å². The molecule has 0 saturated carbocycles. The Balaban J connectivity index is 2.32. The van der Waals surface area contributed by atoms with Crippen molar-refractivity contribution in [3.63, 3.8) is 0 Å². The van der Waals surface area contributed by atoms with Gasteiger partial charge < -0.3 is 0 Å². The van der Waals surface area contributed by atoms with Gasteiger partial charge in [0.25, 0.3) is 0 Å². The van der Waals surface area contributed by atoms with Gasteiger partial charge in [0.1, 0.15) is 0 Å². The van der Waals surface area contributed by atoms with Crippen LogP contribution in [0.15, 0.2) is 71.6 Å². The third kappa shape index (κ3) is 5.17. The summed E-state index contributed by atoms with van der Waals surface area (Å²) < 4.78 is 66.0. The second-order valence-electron chi connectivity index (χ2n) is 5.70. The number of hydrogen-bond acceptors (Lipinski definition) is 2. The van der Waals surface area contributed by atoms with Gasteiger partial charge in [0.15, 0.2) is 0 Å². The Morgan fingerprint density at radius 1 is 1.08 bits per heavy atom. The zero-order valence-electron chi connectivity index (χ0n) is 13.5. The van der Waals surface area contributed by atoms with E-state index in [0.29, 0.717) is 5.56 Å². The van der Waals surface area contributed by atoms with Gasteiger partial charge >= 0.3 is 6.18 Å². The minimum absolute atomic E-state index is 0.00310. The van der Waals surface area contributed by atoms with Crippen LogP contribution in [-0.4, -0.2) is 14.6 Å². The van der Waals surface area contributed by atoms with Gasteiger partial charge in [-0.25, -0.2) is 13.1 Å². The zero-order valence-corrected chi connectivity index (χ0v) is 14.4. The van der Waals surface area contributed by atoms with E-state index >= 15 is 0 Å². The average Bonchev–Trinajstić information content (AvgIpc) is 2.54. The van der Waals surface area contributed by atoms with E-state index in [1.54, 1.807) is 42.5 Å². The van der Waals surface area contributed by atoms with E-state index in [9.17, 15) is 21.6 Å². The molecule has 2 aromatic rings. The lowest BCUT2D eigenvalue weighted by Crippen LogP contribution is -2.30. The summed E-state index contributed by atoms with van der Waals surface area (Å²) in [5, 5.41) is 0. The molecule has 0 saturated heterocycles. The number of rotatable bonds is 6. The summed E-state index contributed by atoms with van der Waals surface area (Å²) in [4.78, 5) is -0.00310. The number of sulfonamides is 1. The van der Waals surface area contributed by atoms with E-state index in [2.05, 4.69) is 11.3 Å². The molecule has 0 spiro atoms. The van der Waals surface area contributed by atoms with Crippen LogP contribution in [0, 0.1) is 6.92 Å². The molecule has 0 aliphatic heterocycles. The van der Waals surface area contributed by atoms with Crippen LogP contribution in [0.2, 0.25) is 0 Å². The lowest BCUT2D eigenvalue weighted by atomic mass is 10.0. The standard InChI is InChI=1S/C18H18F3NO2S/c1-13-8-10-16(11-9-13)25(23,24)22-17(12-14(2)18(19,20)21)15-6-4-3-5-7-15/h3-11,17,22H,2,12H2,1H3. The third-order valence-electron chi connectivity index (χ3n) is 3.68. The molecule has 0 amide bonds. The summed E-state index contributed by atoms with van der Waals surface area (Å²) in [6.07, 6.45) is -5.15. The summed E-state index contributed by atoms with van der Waals surface area (Å²) >= 11 is 0. The first-order valence-electron chi connectivity index (χ1n) is 7.48. The van der Waals surface area contributed by atoms with Crippen LogP contribution in [0.4, 0.5) is 13.2 Å². The molecule has 0 aliphatic carbocycles. The van der Waals surface area contributed by atoms with E-state index < -0.39 is 34.2 Å². The van der Waals surface area contributed by atoms with Gasteiger partial charge in [0, 0.05) is 5.57 Å². The van der Waals surface area contributed by atoms with E-state index in [4.69, 9.17) is 0 Å². The first kappa shape index (κ1) is 19.2. The van der Waals surface area contributed by atoms with Gasteiger partial charge in [-0.3, -0.25) is 0 Å². The highest BCUT2D eigenvalue weighted by Crippen LogP contribution is 2.32. The SMILES string of the molecule is C=C(CC(NS(=O)(=O)c1ccc(C)cc1)c1ccccc1)C(F)(F)F. The van der Waals surface area contributed by atoms with Gasteiger partial charge in [-0.05, 0) is 31.0 Å². The minimum atomic E-state index is -4.58. The van der Waals surface area contributed by atoms with Crippen molar-refractivity contribution in [1.29, 1.82) is 0 Å². The zero-order chi connectivity index (χ0) is 18.7. The van der Waals surface area contributed by atoms with E-state index in [1.165, 1.54) is 12.1 Å². The monoisotopic (exact) mass is 369 g/mol. The second kappa shape index (κ2) is 7.41. The molecule has 134 valence electrons. The maximum absolute atomic E-state index is 12.8. The van der Waals surface area contributed by atoms with Gasteiger partial charge in [-0.1, -0.05) is 54.6 Å². The summed E-state index contributed by atoms with van der Waals surface area (Å²) in [5.74, 6) is 0. The number of aryl methyl sites for hydroxylation is 1. The number of alkyl halides is 3. The van der Waals surface area contributed by atoms with E-state index in [-0.39, 0.29) is 4.90 Å².